The summed E-state index contributed by atoms with van der Waals surface area (Å²) in [6.07, 6.45) is 10.9. The molecule has 2 fully saturated rings. The van der Waals surface area contributed by atoms with Crippen LogP contribution in [0, 0.1) is 11.8 Å². The second-order valence-corrected chi connectivity index (χ2v) is 16.2. The number of carbonyl (C=O) groups is 1. The predicted octanol–water partition coefficient (Wildman–Crippen LogP) is 6.75. The molecule has 2 bridgehead atoms. The first kappa shape index (κ1) is 37.8. The van der Waals surface area contributed by atoms with Gasteiger partial charge in [-0.25, -0.2) is 4.21 Å². The molecule has 2 N–H and O–H groups in total. The lowest BCUT2D eigenvalue weighted by Crippen LogP contribution is -2.49. The highest BCUT2D eigenvalue weighted by atomic mass is 35.5. The van der Waals surface area contributed by atoms with Crippen LogP contribution in [0.15, 0.2) is 48.6 Å². The van der Waals surface area contributed by atoms with Crippen molar-refractivity contribution >= 4 is 34.2 Å². The number of amides is 1. The van der Waals surface area contributed by atoms with Crippen LogP contribution >= 0.6 is 11.6 Å². The maximum atomic E-state index is 13.3. The van der Waals surface area contributed by atoms with Crippen LogP contribution in [0.5, 0.6) is 5.75 Å². The third kappa shape index (κ3) is 9.47. The Hall–Kier alpha value is -2.43. The number of nitrogens with zero attached hydrogens (tertiary/aromatic N) is 2. The van der Waals surface area contributed by atoms with E-state index in [1.807, 2.05) is 32.2 Å². The van der Waals surface area contributed by atoms with E-state index in [1.165, 1.54) is 24.2 Å². The van der Waals surface area contributed by atoms with Crippen LogP contribution in [0.4, 0.5) is 5.69 Å². The number of likely N-dealkylation sites (N-methyl/N-ethyl adjacent to an activating group) is 1. The Morgan fingerprint density at radius 2 is 1.88 bits per heavy atom. The van der Waals surface area contributed by atoms with Gasteiger partial charge in [-0.2, -0.15) is 0 Å². The van der Waals surface area contributed by atoms with Crippen LogP contribution in [0.2, 0.25) is 5.02 Å². The van der Waals surface area contributed by atoms with Crippen LogP contribution in [-0.4, -0.2) is 85.9 Å². The number of hydrogen-bond donors (Lipinski definition) is 2. The molecular formula is C39H57ClN4O4S. The number of piperazine rings is 1. The molecule has 270 valence electrons. The van der Waals surface area contributed by atoms with Crippen LogP contribution in [0.3, 0.4) is 0 Å². The summed E-state index contributed by atoms with van der Waals surface area (Å²) in [6, 6.07) is 11.8. The number of anilines is 1. The van der Waals surface area contributed by atoms with Crippen molar-refractivity contribution in [2.45, 2.75) is 82.5 Å². The van der Waals surface area contributed by atoms with Gasteiger partial charge in [0.25, 0.3) is 5.91 Å². The number of nitrogens with one attached hydrogen (secondary N) is 2. The molecule has 3 aliphatic heterocycles. The molecule has 1 saturated carbocycles. The number of methoxy groups -OCH3 is 1. The third-order valence-electron chi connectivity index (χ3n) is 11.0. The monoisotopic (exact) mass is 712 g/mol. The quantitative estimate of drug-likeness (QED) is 0.332. The van der Waals surface area contributed by atoms with Gasteiger partial charge in [-0.05, 0) is 106 Å². The van der Waals surface area contributed by atoms with Gasteiger partial charge in [0.05, 0.1) is 23.1 Å². The summed E-state index contributed by atoms with van der Waals surface area (Å²) < 4.78 is 28.6. The minimum absolute atomic E-state index is 0.116. The number of hydrogen-bond acceptors (Lipinski definition) is 7. The number of benzene rings is 2. The molecule has 4 aliphatic rings. The van der Waals surface area contributed by atoms with Gasteiger partial charge < -0.3 is 24.6 Å². The minimum Gasteiger partial charge on any atom is -0.491 e. The van der Waals surface area contributed by atoms with Crippen molar-refractivity contribution in [1.29, 1.82) is 0 Å². The molecule has 5 unspecified atom stereocenters. The third-order valence-corrected chi connectivity index (χ3v) is 12.7. The summed E-state index contributed by atoms with van der Waals surface area (Å²) in [6.45, 7) is 13.3. The van der Waals surface area contributed by atoms with E-state index in [1.54, 1.807) is 6.07 Å². The van der Waals surface area contributed by atoms with Crippen LogP contribution in [-0.2, 0) is 22.1 Å². The first-order valence-electron chi connectivity index (χ1n) is 18.3. The number of ether oxygens (including phenoxy) is 2. The van der Waals surface area contributed by atoms with Crippen molar-refractivity contribution in [2.75, 3.05) is 64.9 Å². The Labute approximate surface area is 301 Å². The predicted molar refractivity (Wildman–Crippen MR) is 202 cm³/mol. The Bertz CT molecular complexity index is 1470. The second kappa shape index (κ2) is 17.7. The van der Waals surface area contributed by atoms with Crippen molar-refractivity contribution in [3.8, 4) is 5.75 Å². The van der Waals surface area contributed by atoms with Crippen molar-refractivity contribution in [3.63, 3.8) is 0 Å². The molecular weight excluding hydrogens is 656 g/mol. The first-order chi connectivity index (χ1) is 23.6. The second-order valence-electron chi connectivity index (χ2n) is 14.3. The fourth-order valence-electron chi connectivity index (χ4n) is 7.70. The van der Waals surface area contributed by atoms with E-state index in [0.29, 0.717) is 24.0 Å². The number of halogens is 1. The first-order valence-corrected chi connectivity index (χ1v) is 19.9. The van der Waals surface area contributed by atoms with Gasteiger partial charge in [0.15, 0.2) is 0 Å². The van der Waals surface area contributed by atoms with E-state index < -0.39 is 11.0 Å². The zero-order valence-corrected chi connectivity index (χ0v) is 31.7. The normalized spacial score (nSPS) is 30.0. The van der Waals surface area contributed by atoms with E-state index in [2.05, 4.69) is 65.0 Å². The van der Waals surface area contributed by atoms with E-state index >= 15 is 0 Å². The maximum absolute atomic E-state index is 13.3. The van der Waals surface area contributed by atoms with Gasteiger partial charge in [-0.1, -0.05) is 50.1 Å². The number of rotatable bonds is 5. The molecule has 0 spiro atoms. The molecule has 0 aromatic heterocycles. The average Bonchev–Trinajstić information content (AvgIpc) is 3.26. The summed E-state index contributed by atoms with van der Waals surface area (Å²) in [7, 11) is 2.49. The Balaban J connectivity index is 0.000000595. The highest BCUT2D eigenvalue weighted by Crippen LogP contribution is 2.46. The zero-order chi connectivity index (χ0) is 35.0. The minimum atomic E-state index is -1.48. The van der Waals surface area contributed by atoms with E-state index in [-0.39, 0.29) is 22.7 Å². The fraction of sp³-hybridized carbons (Fsp3) is 0.615. The molecule has 1 saturated heterocycles. The molecule has 1 amide bonds. The fourth-order valence-corrected chi connectivity index (χ4v) is 9.01. The molecule has 2 aromatic carbocycles. The number of aryl methyl sites for hydroxylation is 1. The Morgan fingerprint density at radius 3 is 2.53 bits per heavy atom. The Morgan fingerprint density at radius 1 is 1.08 bits per heavy atom. The average molecular weight is 713 g/mol. The van der Waals surface area contributed by atoms with Crippen LogP contribution < -0.4 is 19.7 Å². The van der Waals surface area contributed by atoms with Crippen molar-refractivity contribution in [2.24, 2.45) is 11.8 Å². The highest BCUT2D eigenvalue weighted by molar-refractivity contribution is 7.84. The molecule has 3 heterocycles. The zero-order valence-electron chi connectivity index (χ0n) is 30.1. The number of carbonyl (C=O) groups excluding carboxylic acids is 1. The van der Waals surface area contributed by atoms with Gasteiger partial charge in [-0.15, -0.1) is 0 Å². The van der Waals surface area contributed by atoms with Crippen molar-refractivity contribution in [1.82, 2.24) is 14.9 Å². The molecule has 2 aromatic rings. The molecule has 10 heteroatoms. The molecule has 6 rings (SSSR count). The van der Waals surface area contributed by atoms with Gasteiger partial charge >= 0.3 is 0 Å². The van der Waals surface area contributed by atoms with Gasteiger partial charge in [-0.3, -0.25) is 9.52 Å². The lowest BCUT2D eigenvalue weighted by molar-refractivity contribution is -0.0620. The van der Waals surface area contributed by atoms with E-state index in [9.17, 15) is 9.00 Å². The van der Waals surface area contributed by atoms with Crippen LogP contribution in [0.1, 0.15) is 86.7 Å². The van der Waals surface area contributed by atoms with Gasteiger partial charge in [0.2, 0.25) is 0 Å². The summed E-state index contributed by atoms with van der Waals surface area (Å²) in [5, 5.41) is 3.91. The maximum Gasteiger partial charge on any atom is 0.263 e. The highest BCUT2D eigenvalue weighted by Gasteiger charge is 2.45. The van der Waals surface area contributed by atoms with Crippen LogP contribution in [0.25, 0.3) is 0 Å². The van der Waals surface area contributed by atoms with Gasteiger partial charge in [0.1, 0.15) is 16.7 Å². The molecule has 1 aliphatic carbocycles. The topological polar surface area (TPSA) is 83.1 Å². The van der Waals surface area contributed by atoms with Crippen molar-refractivity contribution in [3.05, 3.63) is 70.3 Å². The number of allylic oxidation sites excluding steroid dienone is 1. The molecule has 49 heavy (non-hydrogen) atoms. The lowest BCUT2D eigenvalue weighted by atomic mass is 9.64. The smallest absolute Gasteiger partial charge is 0.263 e. The standard InChI is InChI=1S/C34H45ClN2O4S.C5H12N2/c1-5-9-23-18-27(35)13-14-29(23)26-21-37-20-25-11-15-30(25)34(3,40-4)17-8-7-10-28(6-2)42(39)36-33(38)24-12-16-32(41-22-26)31(37)19-24;1-7-4-2-6-3-5-7/h8,12-14,16-19,25-26,28,30H,5-7,9-11,15,20-22H2,1-4H3,(H,36,38);6H,2-5H2,1H3/b17-8+;/t25?,26?,28?,30?,34-,42?;/m0./s1. The molecule has 6 atom stereocenters. The summed E-state index contributed by atoms with van der Waals surface area (Å²) in [5.41, 5.74) is 3.59. The molecule has 0 radical (unpaired) electrons. The summed E-state index contributed by atoms with van der Waals surface area (Å²) >= 11 is 6.42. The lowest BCUT2D eigenvalue weighted by Gasteiger charge is -2.48. The van der Waals surface area contributed by atoms with Gasteiger partial charge in [0, 0.05) is 62.9 Å². The Kier molecular flexibility index (Phi) is 13.6. The summed E-state index contributed by atoms with van der Waals surface area (Å²) in [5.74, 6) is 1.43. The largest absolute Gasteiger partial charge is 0.491 e. The number of fused-ring (bicyclic) bond motifs is 2. The van der Waals surface area contributed by atoms with E-state index in [4.69, 9.17) is 21.1 Å². The van der Waals surface area contributed by atoms with E-state index in [0.717, 1.165) is 87.6 Å². The summed E-state index contributed by atoms with van der Waals surface area (Å²) in [4.78, 5) is 18.1. The molecule has 8 nitrogen and oxygen atoms in total. The van der Waals surface area contributed by atoms with Crippen molar-refractivity contribution < 1.29 is 18.5 Å². The SMILES string of the molecule is CCCc1cc(Cl)ccc1C1COc2ccc3cc2N(C1)CC1CCC1[C@@](C)(OC)/C=C/CCC(CC)S(=O)NC3=O.CN1CCNCC1.